The van der Waals surface area contributed by atoms with Crippen LogP contribution in [0.5, 0.6) is 0 Å². The van der Waals surface area contributed by atoms with Gasteiger partial charge in [-0.15, -0.1) is 18.9 Å². The predicted octanol–water partition coefficient (Wildman–Crippen LogP) is 1.17. The minimum absolute atomic E-state index is 0.373. The molecule has 1 unspecified atom stereocenters. The van der Waals surface area contributed by atoms with Crippen LogP contribution in [0.1, 0.15) is 13.3 Å². The van der Waals surface area contributed by atoms with Crippen LogP contribution >= 0.6 is 0 Å². The van der Waals surface area contributed by atoms with Crippen molar-refractivity contribution >= 4 is 0 Å². The Morgan fingerprint density at radius 1 is 1.89 bits per heavy atom. The highest BCUT2D eigenvalue weighted by Gasteiger charge is 1.89. The maximum absolute atomic E-state index is 5.04. The number of rotatable bonds is 4. The molecule has 0 aliphatic carbocycles. The molecule has 0 aromatic carbocycles. The number of hydrogen-bond acceptors (Lipinski definition) is 1. The Hall–Kier alpha value is -0.740. The lowest BCUT2D eigenvalue weighted by atomic mass is 10.3. The van der Waals surface area contributed by atoms with E-state index in [4.69, 9.17) is 6.42 Å². The summed E-state index contributed by atoms with van der Waals surface area (Å²) >= 11 is 0. The van der Waals surface area contributed by atoms with Crippen LogP contribution in [-0.2, 0) is 0 Å². The molecule has 1 heteroatoms. The highest BCUT2D eigenvalue weighted by molar-refractivity contribution is 4.87. The van der Waals surface area contributed by atoms with E-state index in [1.807, 2.05) is 13.0 Å². The molecular formula is C8H13N. The second-order valence-electron chi connectivity index (χ2n) is 1.93. The van der Waals surface area contributed by atoms with Crippen LogP contribution in [0.2, 0.25) is 0 Å². The van der Waals surface area contributed by atoms with E-state index >= 15 is 0 Å². The van der Waals surface area contributed by atoms with Gasteiger partial charge in [-0.2, -0.15) is 0 Å². The Bertz CT molecular complexity index is 110. The molecule has 0 radical (unpaired) electrons. The van der Waals surface area contributed by atoms with Gasteiger partial charge in [-0.05, 0) is 6.92 Å². The highest BCUT2D eigenvalue weighted by Crippen LogP contribution is 1.80. The molecule has 0 aromatic heterocycles. The molecular weight excluding hydrogens is 110 g/mol. The fourth-order valence-corrected chi connectivity index (χ4v) is 0.455. The smallest absolute Gasteiger partial charge is 0.0219 e. The van der Waals surface area contributed by atoms with E-state index in [1.165, 1.54) is 0 Å². The summed E-state index contributed by atoms with van der Waals surface area (Å²) < 4.78 is 0. The maximum Gasteiger partial charge on any atom is 0.0219 e. The van der Waals surface area contributed by atoms with Crippen LogP contribution in [0.15, 0.2) is 12.7 Å². The number of nitrogens with one attached hydrogen (secondary N) is 1. The van der Waals surface area contributed by atoms with Crippen molar-refractivity contribution in [3.8, 4) is 12.3 Å². The zero-order valence-corrected chi connectivity index (χ0v) is 5.85. The third-order valence-electron chi connectivity index (χ3n) is 1.09. The van der Waals surface area contributed by atoms with Gasteiger partial charge in [-0.1, -0.05) is 6.08 Å². The van der Waals surface area contributed by atoms with Gasteiger partial charge in [0.15, 0.2) is 0 Å². The maximum atomic E-state index is 5.04. The molecule has 0 saturated carbocycles. The fraction of sp³-hybridized carbons (Fsp3) is 0.500. The standard InChI is InChI=1S/C8H13N/c1-4-6-7-9-8(3)5-2/h1,5,8-9H,2,6-7H2,3H3. The lowest BCUT2D eigenvalue weighted by Gasteiger charge is -2.05. The summed E-state index contributed by atoms with van der Waals surface area (Å²) in [6, 6.07) is 0.373. The van der Waals surface area contributed by atoms with Gasteiger partial charge < -0.3 is 5.32 Å². The lowest BCUT2D eigenvalue weighted by Crippen LogP contribution is -2.24. The first-order chi connectivity index (χ1) is 4.31. The Morgan fingerprint density at radius 3 is 3.00 bits per heavy atom. The summed E-state index contributed by atoms with van der Waals surface area (Å²) in [4.78, 5) is 0. The van der Waals surface area contributed by atoms with E-state index in [2.05, 4.69) is 17.8 Å². The summed E-state index contributed by atoms with van der Waals surface area (Å²) in [7, 11) is 0. The van der Waals surface area contributed by atoms with Gasteiger partial charge in [0.25, 0.3) is 0 Å². The molecule has 0 aliphatic rings. The Morgan fingerprint density at radius 2 is 2.56 bits per heavy atom. The Balaban J connectivity index is 3.08. The van der Waals surface area contributed by atoms with Gasteiger partial charge in [0, 0.05) is 19.0 Å². The normalized spacial score (nSPS) is 12.0. The van der Waals surface area contributed by atoms with E-state index in [0.29, 0.717) is 6.04 Å². The summed E-state index contributed by atoms with van der Waals surface area (Å²) in [5.74, 6) is 2.55. The molecule has 0 aliphatic heterocycles. The van der Waals surface area contributed by atoms with E-state index in [0.717, 1.165) is 13.0 Å². The summed E-state index contributed by atoms with van der Waals surface area (Å²) in [6.45, 7) is 6.55. The van der Waals surface area contributed by atoms with Crippen molar-refractivity contribution in [1.82, 2.24) is 5.32 Å². The van der Waals surface area contributed by atoms with Gasteiger partial charge in [0.1, 0.15) is 0 Å². The Kier molecular flexibility index (Phi) is 4.95. The van der Waals surface area contributed by atoms with E-state index < -0.39 is 0 Å². The highest BCUT2D eigenvalue weighted by atomic mass is 14.9. The van der Waals surface area contributed by atoms with Gasteiger partial charge in [-0.3, -0.25) is 0 Å². The van der Waals surface area contributed by atoms with Crippen molar-refractivity contribution in [3.05, 3.63) is 12.7 Å². The van der Waals surface area contributed by atoms with Crippen molar-refractivity contribution in [2.24, 2.45) is 0 Å². The SMILES string of the molecule is C#CCCNC(C)C=C. The molecule has 50 valence electrons. The quantitative estimate of drug-likeness (QED) is 0.336. The molecule has 0 spiro atoms. The van der Waals surface area contributed by atoms with Gasteiger partial charge in [-0.25, -0.2) is 0 Å². The van der Waals surface area contributed by atoms with E-state index in [1.54, 1.807) is 0 Å². The third-order valence-corrected chi connectivity index (χ3v) is 1.09. The molecule has 0 heterocycles. The molecule has 0 bridgehead atoms. The number of terminal acetylenes is 1. The van der Waals surface area contributed by atoms with Gasteiger partial charge in [0.05, 0.1) is 0 Å². The topological polar surface area (TPSA) is 12.0 Å². The van der Waals surface area contributed by atoms with Crippen LogP contribution in [0.4, 0.5) is 0 Å². The molecule has 0 rings (SSSR count). The first kappa shape index (κ1) is 8.26. The molecule has 0 amide bonds. The van der Waals surface area contributed by atoms with E-state index in [9.17, 15) is 0 Å². The lowest BCUT2D eigenvalue weighted by molar-refractivity contribution is 0.643. The van der Waals surface area contributed by atoms with Crippen LogP contribution in [0.25, 0.3) is 0 Å². The number of hydrogen-bond donors (Lipinski definition) is 1. The summed E-state index contributed by atoms with van der Waals surface area (Å²) in [5, 5.41) is 3.17. The monoisotopic (exact) mass is 123 g/mol. The molecule has 0 fully saturated rings. The average molecular weight is 123 g/mol. The summed E-state index contributed by atoms with van der Waals surface area (Å²) in [5.41, 5.74) is 0. The van der Waals surface area contributed by atoms with Crippen molar-refractivity contribution < 1.29 is 0 Å². The minimum Gasteiger partial charge on any atom is -0.310 e. The largest absolute Gasteiger partial charge is 0.310 e. The first-order valence-electron chi connectivity index (χ1n) is 3.10. The zero-order chi connectivity index (χ0) is 7.11. The molecule has 9 heavy (non-hydrogen) atoms. The van der Waals surface area contributed by atoms with Crippen molar-refractivity contribution in [3.63, 3.8) is 0 Å². The summed E-state index contributed by atoms with van der Waals surface area (Å²) in [6.07, 6.45) is 7.69. The van der Waals surface area contributed by atoms with Gasteiger partial charge >= 0.3 is 0 Å². The third kappa shape index (κ3) is 5.13. The molecule has 1 nitrogen and oxygen atoms in total. The Labute approximate surface area is 57.2 Å². The van der Waals surface area contributed by atoms with Crippen LogP contribution in [-0.4, -0.2) is 12.6 Å². The molecule has 0 aromatic rings. The molecule has 1 atom stereocenters. The van der Waals surface area contributed by atoms with E-state index in [-0.39, 0.29) is 0 Å². The van der Waals surface area contributed by atoms with Crippen LogP contribution in [0, 0.1) is 12.3 Å². The second-order valence-corrected chi connectivity index (χ2v) is 1.93. The first-order valence-corrected chi connectivity index (χ1v) is 3.10. The second kappa shape index (κ2) is 5.40. The molecule has 1 N–H and O–H groups in total. The van der Waals surface area contributed by atoms with Crippen LogP contribution < -0.4 is 5.32 Å². The average Bonchev–Trinajstić information content (AvgIpc) is 1.89. The van der Waals surface area contributed by atoms with Crippen LogP contribution in [0.3, 0.4) is 0 Å². The van der Waals surface area contributed by atoms with Gasteiger partial charge in [0.2, 0.25) is 0 Å². The van der Waals surface area contributed by atoms with Crippen molar-refractivity contribution in [1.29, 1.82) is 0 Å². The predicted molar refractivity (Wildman–Crippen MR) is 41.1 cm³/mol. The van der Waals surface area contributed by atoms with Crippen molar-refractivity contribution in [2.75, 3.05) is 6.54 Å². The minimum atomic E-state index is 0.373. The zero-order valence-electron chi connectivity index (χ0n) is 5.85. The molecule has 0 saturated heterocycles. The fourth-order valence-electron chi connectivity index (χ4n) is 0.455. The van der Waals surface area contributed by atoms with Crippen molar-refractivity contribution in [2.45, 2.75) is 19.4 Å².